The number of methoxy groups -OCH3 is 1. The molecule has 0 aliphatic carbocycles. The highest BCUT2D eigenvalue weighted by molar-refractivity contribution is 7.84. The standard InChI is InChI=1S/C18H21NO5S/c1-22-11-17-18(20)19(12-24-17)15-5-3-14-10-16(6-4-13(14)9-15)23-7-8-25(2)21/h3-6,9-10,17H,7-8,11-12H2,1-2H3. The van der Waals surface area contributed by atoms with Crippen molar-refractivity contribution < 1.29 is 23.2 Å². The minimum absolute atomic E-state index is 0.0891. The van der Waals surface area contributed by atoms with Crippen LogP contribution in [0.3, 0.4) is 0 Å². The molecular formula is C18H21NO5S. The average Bonchev–Trinajstić information content (AvgIpc) is 2.95. The van der Waals surface area contributed by atoms with E-state index in [-0.39, 0.29) is 19.2 Å². The summed E-state index contributed by atoms with van der Waals surface area (Å²) in [5.41, 5.74) is 0.797. The van der Waals surface area contributed by atoms with Gasteiger partial charge in [0, 0.05) is 29.9 Å². The Labute approximate surface area is 149 Å². The molecule has 0 radical (unpaired) electrons. The van der Waals surface area contributed by atoms with Gasteiger partial charge in [-0.3, -0.25) is 13.9 Å². The molecule has 1 saturated heterocycles. The van der Waals surface area contributed by atoms with Crippen molar-refractivity contribution in [2.75, 3.05) is 44.0 Å². The van der Waals surface area contributed by atoms with Crippen molar-refractivity contribution in [1.29, 1.82) is 0 Å². The fraction of sp³-hybridized carbons (Fsp3) is 0.389. The van der Waals surface area contributed by atoms with E-state index in [1.165, 1.54) is 0 Å². The number of benzene rings is 2. The van der Waals surface area contributed by atoms with Crippen molar-refractivity contribution in [3.8, 4) is 5.75 Å². The van der Waals surface area contributed by atoms with Gasteiger partial charge in [-0.2, -0.15) is 0 Å². The van der Waals surface area contributed by atoms with Crippen molar-refractivity contribution >= 4 is 33.2 Å². The molecule has 3 rings (SSSR count). The van der Waals surface area contributed by atoms with Crippen LogP contribution in [0.5, 0.6) is 5.75 Å². The van der Waals surface area contributed by atoms with Gasteiger partial charge in [-0.15, -0.1) is 0 Å². The Morgan fingerprint density at radius 1 is 1.24 bits per heavy atom. The first-order valence-electron chi connectivity index (χ1n) is 7.97. The second-order valence-corrected chi connectivity index (χ2v) is 7.38. The first kappa shape index (κ1) is 17.8. The summed E-state index contributed by atoms with van der Waals surface area (Å²) in [7, 11) is 0.686. The Kier molecular flexibility index (Phi) is 5.67. The highest BCUT2D eigenvalue weighted by Gasteiger charge is 2.33. The zero-order chi connectivity index (χ0) is 17.8. The van der Waals surface area contributed by atoms with Crippen LogP contribution >= 0.6 is 0 Å². The molecule has 1 fully saturated rings. The number of carbonyl (C=O) groups is 1. The Morgan fingerprint density at radius 3 is 2.76 bits per heavy atom. The summed E-state index contributed by atoms with van der Waals surface area (Å²) >= 11 is 0. The van der Waals surface area contributed by atoms with Crippen LogP contribution in [0.4, 0.5) is 5.69 Å². The third kappa shape index (κ3) is 4.18. The van der Waals surface area contributed by atoms with Crippen molar-refractivity contribution in [3.63, 3.8) is 0 Å². The summed E-state index contributed by atoms with van der Waals surface area (Å²) in [6.07, 6.45) is 1.12. The van der Waals surface area contributed by atoms with Crippen LogP contribution in [0.15, 0.2) is 36.4 Å². The van der Waals surface area contributed by atoms with Gasteiger partial charge in [0.05, 0.1) is 19.0 Å². The molecule has 0 N–H and O–H groups in total. The summed E-state index contributed by atoms with van der Waals surface area (Å²) in [6, 6.07) is 11.6. The monoisotopic (exact) mass is 363 g/mol. The number of hydrogen-bond donors (Lipinski definition) is 0. The van der Waals surface area contributed by atoms with E-state index < -0.39 is 16.9 Å². The van der Waals surface area contributed by atoms with E-state index in [9.17, 15) is 9.00 Å². The molecule has 1 aliphatic rings. The van der Waals surface area contributed by atoms with Crippen LogP contribution in [0, 0.1) is 0 Å². The number of rotatable bonds is 7. The number of fused-ring (bicyclic) bond motifs is 1. The van der Waals surface area contributed by atoms with Crippen LogP contribution in [-0.4, -0.2) is 55.3 Å². The van der Waals surface area contributed by atoms with Crippen molar-refractivity contribution in [3.05, 3.63) is 36.4 Å². The van der Waals surface area contributed by atoms with Crippen LogP contribution in [-0.2, 0) is 25.1 Å². The van der Waals surface area contributed by atoms with Gasteiger partial charge in [0.2, 0.25) is 0 Å². The number of amides is 1. The summed E-state index contributed by atoms with van der Waals surface area (Å²) in [5, 5.41) is 2.02. The van der Waals surface area contributed by atoms with E-state index in [2.05, 4.69) is 0 Å². The van der Waals surface area contributed by atoms with Gasteiger partial charge in [-0.05, 0) is 35.0 Å². The maximum atomic E-state index is 12.3. The van der Waals surface area contributed by atoms with Gasteiger partial charge >= 0.3 is 0 Å². The van der Waals surface area contributed by atoms with Crippen LogP contribution < -0.4 is 9.64 Å². The molecular weight excluding hydrogens is 342 g/mol. The fourth-order valence-electron chi connectivity index (χ4n) is 2.69. The third-order valence-corrected chi connectivity index (χ3v) is 4.75. The fourth-order valence-corrected chi connectivity index (χ4v) is 3.01. The first-order chi connectivity index (χ1) is 12.1. The Balaban J connectivity index is 1.75. The SMILES string of the molecule is COCC1OCN(c2ccc3cc(OCCS(C)=O)ccc3c2)C1=O. The smallest absolute Gasteiger partial charge is 0.260 e. The van der Waals surface area contributed by atoms with E-state index in [4.69, 9.17) is 14.2 Å². The summed E-state index contributed by atoms with van der Waals surface area (Å²) in [4.78, 5) is 14.0. The molecule has 0 saturated carbocycles. The maximum Gasteiger partial charge on any atom is 0.260 e. The van der Waals surface area contributed by atoms with Crippen molar-refractivity contribution in [2.24, 2.45) is 0 Å². The molecule has 6 nitrogen and oxygen atoms in total. The Bertz CT molecular complexity index is 794. The van der Waals surface area contributed by atoms with Gasteiger partial charge < -0.3 is 14.2 Å². The van der Waals surface area contributed by atoms with Crippen LogP contribution in [0.25, 0.3) is 10.8 Å². The van der Waals surface area contributed by atoms with Crippen LogP contribution in [0.2, 0.25) is 0 Å². The summed E-state index contributed by atoms with van der Waals surface area (Å²) in [5.74, 6) is 1.16. The summed E-state index contributed by atoms with van der Waals surface area (Å²) < 4.78 is 27.2. The first-order valence-corrected chi connectivity index (χ1v) is 9.70. The molecule has 1 aliphatic heterocycles. The molecule has 0 bridgehead atoms. The van der Waals surface area contributed by atoms with E-state index in [1.807, 2.05) is 36.4 Å². The molecule has 2 unspecified atom stereocenters. The lowest BCUT2D eigenvalue weighted by Gasteiger charge is -2.15. The van der Waals surface area contributed by atoms with Crippen molar-refractivity contribution in [1.82, 2.24) is 0 Å². The zero-order valence-electron chi connectivity index (χ0n) is 14.3. The third-order valence-electron chi connectivity index (χ3n) is 4.01. The van der Waals surface area contributed by atoms with E-state index >= 15 is 0 Å². The molecule has 7 heteroatoms. The van der Waals surface area contributed by atoms with Gasteiger partial charge in [-0.1, -0.05) is 12.1 Å². The summed E-state index contributed by atoms with van der Waals surface area (Å²) in [6.45, 7) is 0.910. The number of ether oxygens (including phenoxy) is 3. The molecule has 0 aromatic heterocycles. The number of hydrogen-bond acceptors (Lipinski definition) is 5. The normalized spacial score (nSPS) is 18.7. The van der Waals surface area contributed by atoms with E-state index in [0.717, 1.165) is 22.2 Å². The highest BCUT2D eigenvalue weighted by Crippen LogP contribution is 2.28. The Hall–Kier alpha value is -1.96. The number of nitrogens with zero attached hydrogens (tertiary/aromatic N) is 1. The predicted octanol–water partition coefficient (Wildman–Crippen LogP) is 1.93. The minimum Gasteiger partial charge on any atom is -0.493 e. The maximum absolute atomic E-state index is 12.3. The lowest BCUT2D eigenvalue weighted by molar-refractivity contribution is -0.124. The Morgan fingerprint density at radius 2 is 2.00 bits per heavy atom. The minimum atomic E-state index is -0.862. The predicted molar refractivity (Wildman–Crippen MR) is 97.5 cm³/mol. The van der Waals surface area contributed by atoms with E-state index in [0.29, 0.717) is 12.4 Å². The molecule has 134 valence electrons. The van der Waals surface area contributed by atoms with Gasteiger partial charge in [0.1, 0.15) is 12.5 Å². The van der Waals surface area contributed by atoms with E-state index in [1.54, 1.807) is 18.3 Å². The molecule has 0 spiro atoms. The van der Waals surface area contributed by atoms with Gasteiger partial charge in [-0.25, -0.2) is 0 Å². The largest absolute Gasteiger partial charge is 0.493 e. The van der Waals surface area contributed by atoms with Crippen molar-refractivity contribution in [2.45, 2.75) is 6.10 Å². The lowest BCUT2D eigenvalue weighted by atomic mass is 10.1. The average molecular weight is 363 g/mol. The molecule has 2 aromatic carbocycles. The van der Waals surface area contributed by atoms with Crippen LogP contribution in [0.1, 0.15) is 0 Å². The quantitative estimate of drug-likeness (QED) is 0.752. The highest BCUT2D eigenvalue weighted by atomic mass is 32.2. The topological polar surface area (TPSA) is 65.1 Å². The molecule has 2 aromatic rings. The molecule has 1 amide bonds. The zero-order valence-corrected chi connectivity index (χ0v) is 15.1. The second-order valence-electron chi connectivity index (χ2n) is 5.83. The molecule has 25 heavy (non-hydrogen) atoms. The number of carbonyl (C=O) groups excluding carboxylic acids is 1. The second kappa shape index (κ2) is 7.95. The lowest BCUT2D eigenvalue weighted by Crippen LogP contribution is -2.31. The van der Waals surface area contributed by atoms with Gasteiger partial charge in [0.25, 0.3) is 5.91 Å². The molecule has 2 atom stereocenters. The molecule has 1 heterocycles. The number of anilines is 1. The van der Waals surface area contributed by atoms with Gasteiger partial charge in [0.15, 0.2) is 6.10 Å².